The first kappa shape index (κ1) is 28.8. The zero-order valence-electron chi connectivity index (χ0n) is 21.7. The van der Waals surface area contributed by atoms with Gasteiger partial charge >= 0.3 is 5.97 Å². The Labute approximate surface area is 198 Å². The molecule has 0 heterocycles. The van der Waals surface area contributed by atoms with E-state index in [4.69, 9.17) is 4.43 Å². The van der Waals surface area contributed by atoms with Crippen LogP contribution in [0, 0.1) is 11.8 Å². The van der Waals surface area contributed by atoms with Crippen molar-refractivity contribution in [1.82, 2.24) is 0 Å². The predicted molar refractivity (Wildman–Crippen MR) is 136 cm³/mol. The third-order valence-electron chi connectivity index (χ3n) is 7.28. The van der Waals surface area contributed by atoms with Crippen molar-refractivity contribution in [3.05, 3.63) is 24.3 Å². The van der Waals surface area contributed by atoms with Crippen LogP contribution < -0.4 is 0 Å². The fraction of sp³-hybridized carbons (Fsp3) is 0.778. The maximum atomic E-state index is 11.9. The largest absolute Gasteiger partial charge is 0.481 e. The van der Waals surface area contributed by atoms with E-state index in [-0.39, 0.29) is 22.3 Å². The van der Waals surface area contributed by atoms with Gasteiger partial charge in [0, 0.05) is 12.3 Å². The summed E-state index contributed by atoms with van der Waals surface area (Å²) in [5, 5.41) is 9.70. The van der Waals surface area contributed by atoms with Gasteiger partial charge in [0.05, 0.1) is 11.5 Å². The summed E-state index contributed by atoms with van der Waals surface area (Å²) in [6.07, 6.45) is 17.4. The van der Waals surface area contributed by atoms with Gasteiger partial charge in [-0.05, 0) is 63.6 Å². The minimum Gasteiger partial charge on any atom is -0.481 e. The first-order chi connectivity index (χ1) is 14.8. The molecule has 3 atom stereocenters. The molecule has 1 saturated carbocycles. The van der Waals surface area contributed by atoms with E-state index in [2.05, 4.69) is 72.0 Å². The predicted octanol–water partition coefficient (Wildman–Crippen LogP) is 7.70. The van der Waals surface area contributed by atoms with Crippen molar-refractivity contribution in [3.8, 4) is 0 Å². The first-order valence-corrected chi connectivity index (χ1v) is 15.5. The Morgan fingerprint density at radius 1 is 1.19 bits per heavy atom. The van der Waals surface area contributed by atoms with Gasteiger partial charge < -0.3 is 9.53 Å². The molecule has 5 heteroatoms. The van der Waals surface area contributed by atoms with Gasteiger partial charge in [0.2, 0.25) is 0 Å². The summed E-state index contributed by atoms with van der Waals surface area (Å²) in [5.41, 5.74) is -0.247. The highest BCUT2D eigenvalue weighted by molar-refractivity contribution is 6.74. The highest BCUT2D eigenvalue weighted by Crippen LogP contribution is 2.40. The number of carboxylic acid groups (broad SMARTS) is 1. The number of rotatable bonds is 14. The van der Waals surface area contributed by atoms with Crippen LogP contribution in [0.5, 0.6) is 0 Å². The van der Waals surface area contributed by atoms with Crippen molar-refractivity contribution >= 4 is 20.1 Å². The molecule has 0 bridgehead atoms. The quantitative estimate of drug-likeness (QED) is 0.162. The van der Waals surface area contributed by atoms with Gasteiger partial charge in [0.15, 0.2) is 8.32 Å². The van der Waals surface area contributed by atoms with Crippen LogP contribution in [0.2, 0.25) is 18.1 Å². The zero-order chi connectivity index (χ0) is 24.4. The second-order valence-electron chi connectivity index (χ2n) is 11.2. The maximum Gasteiger partial charge on any atom is 0.307 e. The summed E-state index contributed by atoms with van der Waals surface area (Å²) in [6, 6.07) is 0. The molecule has 1 fully saturated rings. The number of unbranched alkanes of at least 4 members (excludes halogenated alkanes) is 2. The number of ketones is 1. The number of carbonyl (C=O) groups is 2. The van der Waals surface area contributed by atoms with E-state index in [1.54, 1.807) is 0 Å². The normalized spacial score (nSPS) is 20.8. The molecule has 32 heavy (non-hydrogen) atoms. The SMILES string of the molecule is CCCCCC(C)(/C=C\C/C=C/CC[C@H](C(=O)O)[C@H]1CCCC1=O)O[Si](C)(C)C(C)(C)C. The smallest absolute Gasteiger partial charge is 0.307 e. The van der Waals surface area contributed by atoms with Crippen LogP contribution in [0.3, 0.4) is 0 Å². The molecular formula is C27H48O4Si. The van der Waals surface area contributed by atoms with Gasteiger partial charge in [0.25, 0.3) is 0 Å². The molecular weight excluding hydrogens is 416 g/mol. The molecule has 1 rings (SSSR count). The summed E-state index contributed by atoms with van der Waals surface area (Å²) in [6.45, 7) is 15.9. The number of aliphatic carboxylic acids is 1. The van der Waals surface area contributed by atoms with Crippen molar-refractivity contribution in [1.29, 1.82) is 0 Å². The van der Waals surface area contributed by atoms with Crippen LogP contribution in [0.25, 0.3) is 0 Å². The van der Waals surface area contributed by atoms with E-state index in [9.17, 15) is 14.7 Å². The monoisotopic (exact) mass is 464 g/mol. The van der Waals surface area contributed by atoms with Gasteiger partial charge in [-0.1, -0.05) is 71.3 Å². The molecule has 1 unspecified atom stereocenters. The highest BCUT2D eigenvalue weighted by Gasteiger charge is 2.42. The fourth-order valence-corrected chi connectivity index (χ4v) is 5.92. The second-order valence-corrected chi connectivity index (χ2v) is 16.0. The van der Waals surface area contributed by atoms with E-state index >= 15 is 0 Å². The minimum atomic E-state index is -1.88. The van der Waals surface area contributed by atoms with Crippen molar-refractivity contribution in [2.75, 3.05) is 0 Å². The van der Waals surface area contributed by atoms with Crippen molar-refractivity contribution in [2.24, 2.45) is 11.8 Å². The Balaban J connectivity index is 2.64. The second kappa shape index (κ2) is 12.9. The Hall–Kier alpha value is -1.20. The topological polar surface area (TPSA) is 63.6 Å². The third-order valence-corrected chi connectivity index (χ3v) is 11.9. The third kappa shape index (κ3) is 9.34. The van der Waals surface area contributed by atoms with E-state index < -0.39 is 20.2 Å². The lowest BCUT2D eigenvalue weighted by molar-refractivity contribution is -0.146. The molecule has 0 aromatic heterocycles. The van der Waals surface area contributed by atoms with Gasteiger partial charge in [-0.3, -0.25) is 9.59 Å². The van der Waals surface area contributed by atoms with Crippen LogP contribution in [-0.2, 0) is 14.0 Å². The number of hydrogen-bond acceptors (Lipinski definition) is 3. The summed E-state index contributed by atoms with van der Waals surface area (Å²) in [5.74, 6) is -1.51. The Bertz CT molecular complexity index is 659. The molecule has 0 aromatic rings. The van der Waals surface area contributed by atoms with Crippen LogP contribution >= 0.6 is 0 Å². The van der Waals surface area contributed by atoms with Crippen LogP contribution in [0.1, 0.15) is 98.8 Å². The molecule has 4 nitrogen and oxygen atoms in total. The van der Waals surface area contributed by atoms with E-state index in [1.165, 1.54) is 12.8 Å². The Kier molecular flexibility index (Phi) is 11.6. The average molecular weight is 465 g/mol. The summed E-state index contributed by atoms with van der Waals surface area (Å²) < 4.78 is 6.82. The van der Waals surface area contributed by atoms with E-state index in [0.29, 0.717) is 19.3 Å². The standard InChI is InChI=1S/C27H48O4Si/c1-8-9-14-20-27(5,31-32(6,7)26(2,3)4)21-15-12-10-11-13-17-23(25(29)30)22-18-16-19-24(22)28/h10-11,15,21-23H,8-9,12-14,16-20H2,1-7H3,(H,29,30)/b11-10+,21-15-/t22-,23+,27?/m1/s1. The van der Waals surface area contributed by atoms with Crippen LogP contribution in [-0.4, -0.2) is 30.8 Å². The highest BCUT2D eigenvalue weighted by atomic mass is 28.4. The number of carboxylic acids is 1. The Morgan fingerprint density at radius 2 is 1.88 bits per heavy atom. The van der Waals surface area contributed by atoms with Gasteiger partial charge in [-0.2, -0.15) is 0 Å². The molecule has 0 radical (unpaired) electrons. The molecule has 184 valence electrons. The van der Waals surface area contributed by atoms with Gasteiger partial charge in [0.1, 0.15) is 5.78 Å². The molecule has 1 aliphatic rings. The maximum absolute atomic E-state index is 11.9. The molecule has 0 aliphatic heterocycles. The number of hydrogen-bond donors (Lipinski definition) is 1. The lowest BCUT2D eigenvalue weighted by Crippen LogP contribution is -2.47. The summed E-state index contributed by atoms with van der Waals surface area (Å²) in [4.78, 5) is 23.5. The number of allylic oxidation sites excluding steroid dienone is 3. The fourth-order valence-electron chi connectivity index (χ4n) is 4.28. The van der Waals surface area contributed by atoms with Crippen molar-refractivity contribution < 1.29 is 19.1 Å². The number of Topliss-reactive ketones (excluding diaryl/α,β-unsaturated/α-hetero) is 1. The molecule has 0 spiro atoms. The molecule has 1 aliphatic carbocycles. The first-order valence-electron chi connectivity index (χ1n) is 12.6. The van der Waals surface area contributed by atoms with Crippen LogP contribution in [0.4, 0.5) is 0 Å². The van der Waals surface area contributed by atoms with Crippen molar-refractivity contribution in [2.45, 2.75) is 123 Å². The minimum absolute atomic E-state index is 0.133. The summed E-state index contributed by atoms with van der Waals surface area (Å²) in [7, 11) is -1.88. The van der Waals surface area contributed by atoms with Crippen LogP contribution in [0.15, 0.2) is 24.3 Å². The molecule has 0 amide bonds. The molecule has 1 N–H and O–H groups in total. The zero-order valence-corrected chi connectivity index (χ0v) is 22.7. The Morgan fingerprint density at radius 3 is 2.41 bits per heavy atom. The summed E-state index contributed by atoms with van der Waals surface area (Å²) >= 11 is 0. The molecule has 0 aromatic carbocycles. The average Bonchev–Trinajstić information content (AvgIpc) is 3.08. The van der Waals surface area contributed by atoms with Gasteiger partial charge in [-0.15, -0.1) is 0 Å². The molecule has 0 saturated heterocycles. The number of carbonyl (C=O) groups excluding carboxylic acids is 1. The lowest BCUT2D eigenvalue weighted by Gasteiger charge is -2.43. The van der Waals surface area contributed by atoms with Crippen molar-refractivity contribution in [3.63, 3.8) is 0 Å². The van der Waals surface area contributed by atoms with Gasteiger partial charge in [-0.25, -0.2) is 0 Å². The lowest BCUT2D eigenvalue weighted by atomic mass is 9.86. The van der Waals surface area contributed by atoms with E-state index in [0.717, 1.165) is 32.1 Å². The van der Waals surface area contributed by atoms with E-state index in [1.807, 2.05) is 0 Å².